The third kappa shape index (κ3) is 3.03. The van der Waals surface area contributed by atoms with Crippen molar-refractivity contribution in [1.82, 2.24) is 0 Å². The fraction of sp³-hybridized carbons (Fsp3) is 0.714. The van der Waals surface area contributed by atoms with Gasteiger partial charge < -0.3 is 0 Å². The monoisotopic (exact) mass is 220 g/mol. The zero-order valence-corrected chi connectivity index (χ0v) is 9.84. The lowest BCUT2D eigenvalue weighted by Gasteiger charge is -2.21. The highest BCUT2D eigenvalue weighted by Crippen LogP contribution is 2.28. The van der Waals surface area contributed by atoms with Crippen molar-refractivity contribution < 1.29 is 9.59 Å². The topological polar surface area (TPSA) is 34.1 Å². The van der Waals surface area contributed by atoms with Crippen LogP contribution in [0.4, 0.5) is 0 Å². The number of hydrogen-bond donors (Lipinski definition) is 0. The molecule has 0 spiro atoms. The van der Waals surface area contributed by atoms with Gasteiger partial charge in [0.25, 0.3) is 0 Å². The van der Waals surface area contributed by atoms with Crippen LogP contribution in [0.5, 0.6) is 0 Å². The number of allylic oxidation sites excluding steroid dienone is 2. The van der Waals surface area contributed by atoms with Crippen LogP contribution in [0.3, 0.4) is 0 Å². The molecule has 0 radical (unpaired) electrons. The van der Waals surface area contributed by atoms with Crippen molar-refractivity contribution in [1.29, 1.82) is 0 Å². The van der Waals surface area contributed by atoms with Crippen molar-refractivity contribution in [3.8, 4) is 0 Å². The van der Waals surface area contributed by atoms with Crippen LogP contribution in [0.1, 0.15) is 57.8 Å². The molecule has 0 aliphatic heterocycles. The first-order valence-electron chi connectivity index (χ1n) is 6.50. The first-order chi connectivity index (χ1) is 7.75. The molecule has 2 aliphatic carbocycles. The second kappa shape index (κ2) is 5.42. The molecule has 16 heavy (non-hydrogen) atoms. The van der Waals surface area contributed by atoms with Crippen LogP contribution < -0.4 is 0 Å². The van der Waals surface area contributed by atoms with E-state index in [1.165, 1.54) is 12.0 Å². The van der Waals surface area contributed by atoms with Crippen molar-refractivity contribution in [3.05, 3.63) is 11.6 Å². The lowest BCUT2D eigenvalue weighted by molar-refractivity contribution is -0.124. The van der Waals surface area contributed by atoms with E-state index in [0.29, 0.717) is 12.2 Å². The van der Waals surface area contributed by atoms with E-state index in [1.54, 1.807) is 0 Å². The Morgan fingerprint density at radius 3 is 2.69 bits per heavy atom. The number of hydrogen-bond acceptors (Lipinski definition) is 2. The number of carbonyl (C=O) groups is 2. The Balaban J connectivity index is 1.82. The van der Waals surface area contributed by atoms with Crippen LogP contribution in [0.2, 0.25) is 0 Å². The SMILES string of the molecule is O=C1C=C(CCC2CCCCC2=O)CCC1. The summed E-state index contributed by atoms with van der Waals surface area (Å²) in [5.74, 6) is 1.01. The van der Waals surface area contributed by atoms with Gasteiger partial charge in [-0.2, -0.15) is 0 Å². The van der Waals surface area contributed by atoms with Crippen molar-refractivity contribution in [2.75, 3.05) is 0 Å². The molecule has 0 saturated heterocycles. The number of rotatable bonds is 3. The van der Waals surface area contributed by atoms with Gasteiger partial charge in [-0.05, 0) is 44.6 Å². The molecule has 2 nitrogen and oxygen atoms in total. The molecule has 88 valence electrons. The molecule has 2 aliphatic rings. The van der Waals surface area contributed by atoms with Gasteiger partial charge in [-0.25, -0.2) is 0 Å². The van der Waals surface area contributed by atoms with Gasteiger partial charge in [-0.15, -0.1) is 0 Å². The smallest absolute Gasteiger partial charge is 0.155 e. The highest BCUT2D eigenvalue weighted by atomic mass is 16.1. The third-order valence-corrected chi connectivity index (χ3v) is 3.78. The first kappa shape index (κ1) is 11.6. The summed E-state index contributed by atoms with van der Waals surface area (Å²) in [6.45, 7) is 0. The maximum Gasteiger partial charge on any atom is 0.155 e. The van der Waals surface area contributed by atoms with Gasteiger partial charge >= 0.3 is 0 Å². The Hall–Kier alpha value is -0.920. The van der Waals surface area contributed by atoms with Gasteiger partial charge in [0.1, 0.15) is 5.78 Å². The molecule has 0 amide bonds. The predicted molar refractivity (Wildman–Crippen MR) is 63.1 cm³/mol. The Kier molecular flexibility index (Phi) is 3.92. The second-order valence-electron chi connectivity index (χ2n) is 5.07. The highest BCUT2D eigenvalue weighted by molar-refractivity contribution is 5.91. The van der Waals surface area contributed by atoms with Gasteiger partial charge in [0.05, 0.1) is 0 Å². The fourth-order valence-corrected chi connectivity index (χ4v) is 2.78. The molecule has 1 unspecified atom stereocenters. The van der Waals surface area contributed by atoms with Crippen molar-refractivity contribution in [2.45, 2.75) is 57.8 Å². The summed E-state index contributed by atoms with van der Waals surface area (Å²) in [6, 6.07) is 0. The molecule has 1 fully saturated rings. The number of Topliss-reactive ketones (excluding diaryl/α,β-unsaturated/α-hetero) is 1. The molecular weight excluding hydrogens is 200 g/mol. The fourth-order valence-electron chi connectivity index (χ4n) is 2.78. The van der Waals surface area contributed by atoms with Crippen LogP contribution in [-0.2, 0) is 9.59 Å². The van der Waals surface area contributed by atoms with Gasteiger partial charge in [0.2, 0.25) is 0 Å². The highest BCUT2D eigenvalue weighted by Gasteiger charge is 2.22. The zero-order chi connectivity index (χ0) is 11.4. The van der Waals surface area contributed by atoms with E-state index < -0.39 is 0 Å². The van der Waals surface area contributed by atoms with Crippen LogP contribution in [0, 0.1) is 5.92 Å². The lowest BCUT2D eigenvalue weighted by atomic mass is 9.83. The van der Waals surface area contributed by atoms with Crippen molar-refractivity contribution >= 4 is 11.6 Å². The molecule has 0 aromatic rings. The molecule has 2 rings (SSSR count). The first-order valence-corrected chi connectivity index (χ1v) is 6.50. The maximum atomic E-state index is 11.6. The Morgan fingerprint density at radius 1 is 1.06 bits per heavy atom. The number of carbonyl (C=O) groups excluding carboxylic acids is 2. The molecule has 0 aromatic heterocycles. The second-order valence-corrected chi connectivity index (χ2v) is 5.07. The predicted octanol–water partition coefficient (Wildman–Crippen LogP) is 3.21. The van der Waals surface area contributed by atoms with E-state index in [2.05, 4.69) is 0 Å². The molecule has 0 heterocycles. The summed E-state index contributed by atoms with van der Waals surface area (Å²) in [5.41, 5.74) is 1.27. The van der Waals surface area contributed by atoms with Crippen molar-refractivity contribution in [3.63, 3.8) is 0 Å². The van der Waals surface area contributed by atoms with E-state index in [9.17, 15) is 9.59 Å². The summed E-state index contributed by atoms with van der Waals surface area (Å²) in [7, 11) is 0. The van der Waals surface area contributed by atoms with E-state index >= 15 is 0 Å². The lowest BCUT2D eigenvalue weighted by Crippen LogP contribution is -2.19. The molecule has 1 saturated carbocycles. The molecule has 0 N–H and O–H groups in total. The minimum absolute atomic E-state index is 0.274. The van der Waals surface area contributed by atoms with E-state index in [-0.39, 0.29) is 11.7 Å². The zero-order valence-electron chi connectivity index (χ0n) is 9.84. The Labute approximate surface area is 97.1 Å². The van der Waals surface area contributed by atoms with E-state index in [0.717, 1.165) is 44.9 Å². The van der Waals surface area contributed by atoms with Crippen LogP contribution >= 0.6 is 0 Å². The average Bonchev–Trinajstić information content (AvgIpc) is 2.28. The molecule has 2 heteroatoms. The van der Waals surface area contributed by atoms with E-state index in [1.807, 2.05) is 6.08 Å². The number of ketones is 2. The summed E-state index contributed by atoms with van der Waals surface area (Å²) in [4.78, 5) is 22.9. The molecule has 1 atom stereocenters. The van der Waals surface area contributed by atoms with Gasteiger partial charge in [-0.1, -0.05) is 12.0 Å². The van der Waals surface area contributed by atoms with Crippen LogP contribution in [0.15, 0.2) is 11.6 Å². The summed E-state index contributed by atoms with van der Waals surface area (Å²) in [6.07, 6.45) is 10.7. The van der Waals surface area contributed by atoms with Crippen molar-refractivity contribution in [2.24, 2.45) is 5.92 Å². The molecular formula is C14H20O2. The maximum absolute atomic E-state index is 11.6. The largest absolute Gasteiger partial charge is 0.299 e. The third-order valence-electron chi connectivity index (χ3n) is 3.78. The summed E-state index contributed by atoms with van der Waals surface area (Å²) in [5, 5.41) is 0. The summed E-state index contributed by atoms with van der Waals surface area (Å²) < 4.78 is 0. The standard InChI is InChI=1S/C14H20O2/c15-13-6-3-4-11(10-13)8-9-12-5-1-2-7-14(12)16/h10,12H,1-9H2. The minimum Gasteiger partial charge on any atom is -0.299 e. The van der Waals surface area contributed by atoms with Gasteiger partial charge in [0.15, 0.2) is 5.78 Å². The summed E-state index contributed by atoms with van der Waals surface area (Å²) >= 11 is 0. The van der Waals surface area contributed by atoms with Crippen LogP contribution in [-0.4, -0.2) is 11.6 Å². The van der Waals surface area contributed by atoms with Gasteiger partial charge in [-0.3, -0.25) is 9.59 Å². The molecule has 0 aromatic carbocycles. The van der Waals surface area contributed by atoms with Gasteiger partial charge in [0, 0.05) is 18.8 Å². The normalized spacial score (nSPS) is 26.8. The minimum atomic E-state index is 0.274. The quantitative estimate of drug-likeness (QED) is 0.732. The van der Waals surface area contributed by atoms with E-state index in [4.69, 9.17) is 0 Å². The Bertz CT molecular complexity index is 315. The Morgan fingerprint density at radius 2 is 1.94 bits per heavy atom. The molecule has 0 bridgehead atoms. The average molecular weight is 220 g/mol. The van der Waals surface area contributed by atoms with Crippen LogP contribution in [0.25, 0.3) is 0 Å².